The first-order valence-corrected chi connectivity index (χ1v) is 13.7. The lowest BCUT2D eigenvalue weighted by atomic mass is 9.34. The molecule has 0 spiro atoms. The molecule has 3 aromatic carbocycles. The maximum atomic E-state index is 6.29. The van der Waals surface area contributed by atoms with E-state index < -0.39 is 10.8 Å². The molecule has 7 rings (SSSR count). The normalized spacial score (nSPS) is 24.9. The third kappa shape index (κ3) is 3.13. The smallest absolute Gasteiger partial charge is 0.0440 e. The van der Waals surface area contributed by atoms with E-state index in [1.54, 1.807) is 0 Å². The summed E-state index contributed by atoms with van der Waals surface area (Å²) >= 11 is 0. The SMILES string of the molecule is C#Cc1cccc(C23CC4CC(CC(C4)C2(c2cccc(C#C)c2C#C)c2cccc(C#C)c2C#C)C3)c1C#C. The summed E-state index contributed by atoms with van der Waals surface area (Å²) in [6.07, 6.45) is 42.2. The molecule has 4 bridgehead atoms. The van der Waals surface area contributed by atoms with E-state index >= 15 is 0 Å². The molecular weight excluding hydrogens is 480 g/mol. The molecule has 2 unspecified atom stereocenters. The molecule has 4 aliphatic carbocycles. The van der Waals surface area contributed by atoms with Crippen molar-refractivity contribution in [2.75, 3.05) is 0 Å². The van der Waals surface area contributed by atoms with E-state index in [4.69, 9.17) is 38.5 Å². The molecule has 4 fully saturated rings. The van der Waals surface area contributed by atoms with E-state index in [-0.39, 0.29) is 5.92 Å². The molecule has 40 heavy (non-hydrogen) atoms. The average Bonchev–Trinajstić information content (AvgIpc) is 2.99. The van der Waals surface area contributed by atoms with Crippen LogP contribution in [0.1, 0.15) is 82.2 Å². The standard InChI is InChI=1S/C40H28/c1-7-29-16-13-19-36(33(29)10-4)39-25-27-22-28(26-39)24-32(23-27)40(39,37-20-14-17-30(8-2)34(37)11-5)38-21-15-18-31(9-3)35(38)12-6/h1-6,13-21,27-28,32H,22-26H2. The first-order valence-electron chi connectivity index (χ1n) is 13.7. The molecule has 0 heteroatoms. The summed E-state index contributed by atoms with van der Waals surface area (Å²) in [5.74, 6) is 18.9. The molecular formula is C40H28. The van der Waals surface area contributed by atoms with Crippen LogP contribution in [0.5, 0.6) is 0 Å². The van der Waals surface area contributed by atoms with E-state index in [0.717, 1.165) is 64.6 Å². The lowest BCUT2D eigenvalue weighted by Crippen LogP contribution is -2.66. The summed E-state index contributed by atoms with van der Waals surface area (Å²) in [4.78, 5) is 0. The van der Waals surface area contributed by atoms with Crippen LogP contribution in [0.15, 0.2) is 54.6 Å². The Morgan fingerprint density at radius 3 is 1.30 bits per heavy atom. The van der Waals surface area contributed by atoms with Gasteiger partial charge in [-0.05, 0) is 84.7 Å². The summed E-state index contributed by atoms with van der Waals surface area (Å²) in [5.41, 5.74) is 6.55. The summed E-state index contributed by atoms with van der Waals surface area (Å²) in [6, 6.07) is 18.3. The van der Waals surface area contributed by atoms with Crippen LogP contribution in [0.4, 0.5) is 0 Å². The molecule has 0 heterocycles. The Bertz CT molecular complexity index is 1730. The van der Waals surface area contributed by atoms with Gasteiger partial charge in [0, 0.05) is 44.2 Å². The van der Waals surface area contributed by atoms with Crippen molar-refractivity contribution >= 4 is 0 Å². The van der Waals surface area contributed by atoms with Crippen molar-refractivity contribution in [2.45, 2.75) is 42.9 Å². The van der Waals surface area contributed by atoms with Crippen molar-refractivity contribution in [3.05, 3.63) is 105 Å². The number of rotatable bonds is 3. The zero-order valence-electron chi connectivity index (χ0n) is 22.4. The molecule has 4 aliphatic rings. The fraction of sp³-hybridized carbons (Fsp3) is 0.250. The first kappa shape index (κ1) is 25.3. The van der Waals surface area contributed by atoms with Crippen molar-refractivity contribution in [3.8, 4) is 74.1 Å². The molecule has 0 aromatic heterocycles. The van der Waals surface area contributed by atoms with E-state index in [1.807, 2.05) is 36.4 Å². The van der Waals surface area contributed by atoms with Crippen LogP contribution >= 0.6 is 0 Å². The average molecular weight is 509 g/mol. The maximum absolute atomic E-state index is 6.29. The van der Waals surface area contributed by atoms with Crippen molar-refractivity contribution < 1.29 is 0 Å². The van der Waals surface area contributed by atoms with Gasteiger partial charge in [0.05, 0.1) is 0 Å². The topological polar surface area (TPSA) is 0 Å². The third-order valence-electron chi connectivity index (χ3n) is 10.0. The summed E-state index contributed by atoms with van der Waals surface area (Å²) in [5, 5.41) is 0. The highest BCUT2D eigenvalue weighted by molar-refractivity contribution is 5.68. The maximum Gasteiger partial charge on any atom is 0.0440 e. The Hall–Kier alpha value is -4.98. The van der Waals surface area contributed by atoms with E-state index in [2.05, 4.69) is 53.7 Å². The second-order valence-electron chi connectivity index (χ2n) is 11.5. The highest BCUT2D eigenvalue weighted by Gasteiger charge is 2.68. The minimum absolute atomic E-state index is 0.263. The Morgan fingerprint density at radius 1 is 0.500 bits per heavy atom. The van der Waals surface area contributed by atoms with E-state index in [1.165, 1.54) is 6.42 Å². The molecule has 0 nitrogen and oxygen atoms in total. The van der Waals surface area contributed by atoms with Crippen LogP contribution in [0, 0.1) is 91.8 Å². The summed E-state index contributed by atoms with van der Waals surface area (Å²) in [6.45, 7) is 0. The van der Waals surface area contributed by atoms with Crippen molar-refractivity contribution in [3.63, 3.8) is 0 Å². The van der Waals surface area contributed by atoms with Crippen LogP contribution in [0.3, 0.4) is 0 Å². The Labute approximate surface area is 239 Å². The van der Waals surface area contributed by atoms with Crippen molar-refractivity contribution in [1.82, 2.24) is 0 Å². The van der Waals surface area contributed by atoms with Gasteiger partial charge >= 0.3 is 0 Å². The van der Waals surface area contributed by atoms with E-state index in [9.17, 15) is 0 Å². The number of hydrogen-bond acceptors (Lipinski definition) is 0. The van der Waals surface area contributed by atoms with Crippen LogP contribution in [0.25, 0.3) is 0 Å². The van der Waals surface area contributed by atoms with Gasteiger partial charge < -0.3 is 0 Å². The number of terminal acetylenes is 6. The third-order valence-corrected chi connectivity index (χ3v) is 10.0. The van der Waals surface area contributed by atoms with Gasteiger partial charge in [0.1, 0.15) is 0 Å². The predicted octanol–water partition coefficient (Wildman–Crippen LogP) is 6.64. The summed E-state index contributed by atoms with van der Waals surface area (Å²) in [7, 11) is 0. The lowest BCUT2D eigenvalue weighted by Gasteiger charge is -2.69. The van der Waals surface area contributed by atoms with E-state index in [0.29, 0.717) is 23.0 Å². The molecule has 0 amide bonds. The second-order valence-corrected chi connectivity index (χ2v) is 11.5. The highest BCUT2D eigenvalue weighted by Crippen LogP contribution is 2.72. The molecule has 188 valence electrons. The van der Waals surface area contributed by atoms with Gasteiger partial charge in [-0.1, -0.05) is 71.9 Å². The quantitative estimate of drug-likeness (QED) is 0.348. The minimum atomic E-state index is -0.609. The Kier molecular flexibility index (Phi) is 5.91. The fourth-order valence-corrected chi connectivity index (χ4v) is 9.11. The lowest BCUT2D eigenvalue weighted by molar-refractivity contribution is -0.0675. The first-order chi connectivity index (χ1) is 19.5. The fourth-order valence-electron chi connectivity index (χ4n) is 9.11. The van der Waals surface area contributed by atoms with Gasteiger partial charge in [0.25, 0.3) is 0 Å². The zero-order valence-corrected chi connectivity index (χ0v) is 22.4. The molecule has 4 saturated carbocycles. The molecule has 0 saturated heterocycles. The van der Waals surface area contributed by atoms with Crippen LogP contribution in [-0.2, 0) is 10.8 Å². The van der Waals surface area contributed by atoms with Gasteiger partial charge in [0.2, 0.25) is 0 Å². The predicted molar refractivity (Wildman–Crippen MR) is 163 cm³/mol. The molecule has 0 aliphatic heterocycles. The Balaban J connectivity index is 1.87. The molecule has 3 aromatic rings. The number of benzene rings is 3. The van der Waals surface area contributed by atoms with Crippen LogP contribution in [0.2, 0.25) is 0 Å². The Morgan fingerprint density at radius 2 is 0.900 bits per heavy atom. The van der Waals surface area contributed by atoms with Gasteiger partial charge in [-0.15, -0.1) is 38.5 Å². The van der Waals surface area contributed by atoms with Gasteiger partial charge in [-0.25, -0.2) is 0 Å². The zero-order chi connectivity index (χ0) is 28.1. The second kappa shape index (κ2) is 9.34. The van der Waals surface area contributed by atoms with Crippen molar-refractivity contribution in [2.24, 2.45) is 17.8 Å². The molecule has 0 N–H and O–H groups in total. The van der Waals surface area contributed by atoms with Gasteiger partial charge in [0.15, 0.2) is 0 Å². The minimum Gasteiger partial charge on any atom is -0.115 e. The molecule has 0 radical (unpaired) electrons. The number of hydrogen-bond donors (Lipinski definition) is 0. The van der Waals surface area contributed by atoms with Crippen molar-refractivity contribution in [1.29, 1.82) is 0 Å². The van der Waals surface area contributed by atoms with Gasteiger partial charge in [-0.2, -0.15) is 0 Å². The van der Waals surface area contributed by atoms with Gasteiger partial charge in [-0.3, -0.25) is 0 Å². The molecule has 2 atom stereocenters. The largest absolute Gasteiger partial charge is 0.115 e. The van der Waals surface area contributed by atoms with Crippen LogP contribution in [-0.4, -0.2) is 0 Å². The highest BCUT2D eigenvalue weighted by atomic mass is 14.7. The summed E-state index contributed by atoms with van der Waals surface area (Å²) < 4.78 is 0. The monoisotopic (exact) mass is 508 g/mol. The van der Waals surface area contributed by atoms with Crippen LogP contribution < -0.4 is 0 Å².